The van der Waals surface area contributed by atoms with Gasteiger partial charge in [0.1, 0.15) is 18.0 Å². The van der Waals surface area contributed by atoms with Gasteiger partial charge in [-0.05, 0) is 42.8 Å². The molecule has 0 aliphatic heterocycles. The predicted octanol–water partition coefficient (Wildman–Crippen LogP) is 4.03. The van der Waals surface area contributed by atoms with Crippen molar-refractivity contribution in [2.45, 2.75) is 13.5 Å². The van der Waals surface area contributed by atoms with Crippen molar-refractivity contribution >= 4 is 29.1 Å². The van der Waals surface area contributed by atoms with E-state index < -0.39 is 0 Å². The van der Waals surface area contributed by atoms with E-state index in [0.29, 0.717) is 21.9 Å². The van der Waals surface area contributed by atoms with Crippen molar-refractivity contribution in [2.24, 2.45) is 0 Å². The molecule has 0 bridgehead atoms. The molecule has 0 saturated carbocycles. The van der Waals surface area contributed by atoms with E-state index in [4.69, 9.17) is 16.3 Å². The van der Waals surface area contributed by atoms with Crippen LogP contribution in [0.3, 0.4) is 0 Å². The lowest BCUT2D eigenvalue weighted by Gasteiger charge is -2.11. The lowest BCUT2D eigenvalue weighted by Crippen LogP contribution is -2.34. The highest BCUT2D eigenvalue weighted by molar-refractivity contribution is 6.33. The first-order valence-corrected chi connectivity index (χ1v) is 10.9. The zero-order valence-electron chi connectivity index (χ0n) is 18.0. The molecular formula is C25H23ClN4O3. The van der Waals surface area contributed by atoms with Crippen molar-refractivity contribution in [3.8, 4) is 5.75 Å². The van der Waals surface area contributed by atoms with E-state index in [1.807, 2.05) is 41.9 Å². The topological polar surface area (TPSA) is 84.7 Å². The minimum atomic E-state index is -0.290. The maximum Gasteiger partial charge on any atom is 0.255 e. The number of para-hydroxylation sites is 1. The van der Waals surface area contributed by atoms with E-state index in [1.165, 1.54) is 0 Å². The molecule has 33 heavy (non-hydrogen) atoms. The number of carbonyl (C=O) groups excluding carboxylic acids is 2. The van der Waals surface area contributed by atoms with Crippen LogP contribution >= 0.6 is 11.6 Å². The number of fused-ring (bicyclic) bond motifs is 1. The summed E-state index contributed by atoms with van der Waals surface area (Å²) in [5.74, 6) is -0.117. The number of amides is 2. The van der Waals surface area contributed by atoms with Crippen LogP contribution in [-0.2, 0) is 6.61 Å². The molecule has 0 unspecified atom stereocenters. The number of ether oxygens (including phenoxy) is 1. The number of hydrogen-bond donors (Lipinski definition) is 2. The van der Waals surface area contributed by atoms with Crippen LogP contribution in [0.5, 0.6) is 5.75 Å². The fourth-order valence-electron chi connectivity index (χ4n) is 3.39. The number of pyridine rings is 1. The fourth-order valence-corrected chi connectivity index (χ4v) is 3.62. The van der Waals surface area contributed by atoms with E-state index >= 15 is 0 Å². The summed E-state index contributed by atoms with van der Waals surface area (Å²) >= 11 is 6.03. The normalized spacial score (nSPS) is 10.7. The number of benzene rings is 2. The van der Waals surface area contributed by atoms with Crippen LogP contribution in [-0.4, -0.2) is 34.3 Å². The highest BCUT2D eigenvalue weighted by Gasteiger charge is 2.14. The van der Waals surface area contributed by atoms with Gasteiger partial charge < -0.3 is 19.8 Å². The zero-order valence-corrected chi connectivity index (χ0v) is 18.8. The van der Waals surface area contributed by atoms with Gasteiger partial charge in [0.25, 0.3) is 11.8 Å². The number of imidazole rings is 1. The standard InChI is InChI=1S/C25H23ClN4O3/c1-17-7-6-14-30-15-18(29-23(17)30)16-33-22-11-5-3-9-20(22)25(32)28-13-12-27-24(31)19-8-2-4-10-21(19)26/h2-11,14-15H,12-13,16H2,1H3,(H,27,31)(H,28,32). The van der Waals surface area contributed by atoms with Gasteiger partial charge in [-0.3, -0.25) is 9.59 Å². The van der Waals surface area contributed by atoms with Gasteiger partial charge in [-0.2, -0.15) is 0 Å². The average molecular weight is 463 g/mol. The molecule has 2 N–H and O–H groups in total. The predicted molar refractivity (Wildman–Crippen MR) is 127 cm³/mol. The molecule has 0 atom stereocenters. The first kappa shape index (κ1) is 22.4. The number of aromatic nitrogens is 2. The molecule has 2 aromatic heterocycles. The lowest BCUT2D eigenvalue weighted by atomic mass is 10.2. The molecule has 0 spiro atoms. The molecule has 0 aliphatic carbocycles. The summed E-state index contributed by atoms with van der Waals surface area (Å²) in [6.45, 7) is 2.76. The Morgan fingerprint density at radius 2 is 1.61 bits per heavy atom. The van der Waals surface area contributed by atoms with Gasteiger partial charge in [-0.25, -0.2) is 4.98 Å². The van der Waals surface area contributed by atoms with Crippen molar-refractivity contribution < 1.29 is 14.3 Å². The van der Waals surface area contributed by atoms with Crippen LogP contribution in [0.1, 0.15) is 32.0 Å². The molecule has 2 aromatic carbocycles. The molecule has 168 valence electrons. The number of rotatable bonds is 8. The molecule has 2 amide bonds. The maximum atomic E-state index is 12.7. The number of halogens is 1. The summed E-state index contributed by atoms with van der Waals surface area (Å²) in [5, 5.41) is 5.93. The van der Waals surface area contributed by atoms with Crippen molar-refractivity contribution in [1.29, 1.82) is 0 Å². The number of aryl methyl sites for hydroxylation is 1. The third-order valence-corrected chi connectivity index (χ3v) is 5.38. The summed E-state index contributed by atoms with van der Waals surface area (Å²) in [4.78, 5) is 29.5. The molecule has 2 heterocycles. The third-order valence-electron chi connectivity index (χ3n) is 5.05. The van der Waals surface area contributed by atoms with Gasteiger partial charge in [-0.15, -0.1) is 0 Å². The smallest absolute Gasteiger partial charge is 0.255 e. The van der Waals surface area contributed by atoms with E-state index in [1.54, 1.807) is 42.5 Å². The molecule has 0 radical (unpaired) electrons. The van der Waals surface area contributed by atoms with Crippen LogP contribution < -0.4 is 15.4 Å². The van der Waals surface area contributed by atoms with Gasteiger partial charge in [0.15, 0.2) is 0 Å². The van der Waals surface area contributed by atoms with E-state index in [9.17, 15) is 9.59 Å². The van der Waals surface area contributed by atoms with Gasteiger partial charge in [0.05, 0.1) is 21.8 Å². The van der Waals surface area contributed by atoms with E-state index in [0.717, 1.165) is 16.9 Å². The summed E-state index contributed by atoms with van der Waals surface area (Å²) < 4.78 is 7.86. The Labute approximate surface area is 196 Å². The van der Waals surface area contributed by atoms with Crippen LogP contribution in [0, 0.1) is 6.92 Å². The monoisotopic (exact) mass is 462 g/mol. The second kappa shape index (κ2) is 10.2. The van der Waals surface area contributed by atoms with Crippen molar-refractivity contribution in [3.05, 3.63) is 100 Å². The van der Waals surface area contributed by atoms with E-state index in [-0.39, 0.29) is 31.5 Å². The Kier molecular flexibility index (Phi) is 6.90. The van der Waals surface area contributed by atoms with Crippen LogP contribution in [0.25, 0.3) is 5.65 Å². The average Bonchev–Trinajstić information content (AvgIpc) is 3.25. The van der Waals surface area contributed by atoms with E-state index in [2.05, 4.69) is 15.6 Å². The molecule has 4 aromatic rings. The fraction of sp³-hybridized carbons (Fsp3) is 0.160. The molecule has 0 saturated heterocycles. The third kappa shape index (κ3) is 5.32. The summed E-state index contributed by atoms with van der Waals surface area (Å²) in [7, 11) is 0. The van der Waals surface area contributed by atoms with Gasteiger partial charge in [0.2, 0.25) is 0 Å². The molecule has 0 fully saturated rings. The summed E-state index contributed by atoms with van der Waals surface area (Å²) in [6.07, 6.45) is 3.84. The molecule has 0 aliphatic rings. The summed E-state index contributed by atoms with van der Waals surface area (Å²) in [5.41, 5.74) is 3.52. The number of nitrogens with one attached hydrogen (secondary N) is 2. The maximum absolute atomic E-state index is 12.7. The highest BCUT2D eigenvalue weighted by Crippen LogP contribution is 2.20. The minimum absolute atomic E-state index is 0.235. The zero-order chi connectivity index (χ0) is 23.2. The lowest BCUT2D eigenvalue weighted by molar-refractivity contribution is 0.0925. The quantitative estimate of drug-likeness (QED) is 0.387. The van der Waals surface area contributed by atoms with Gasteiger partial charge in [0, 0.05) is 25.5 Å². The summed E-state index contributed by atoms with van der Waals surface area (Å²) in [6, 6.07) is 17.8. The molecule has 8 heteroatoms. The number of hydrogen-bond acceptors (Lipinski definition) is 4. The second-order valence-electron chi connectivity index (χ2n) is 7.43. The Balaban J connectivity index is 1.32. The second-order valence-corrected chi connectivity index (χ2v) is 7.84. The SMILES string of the molecule is Cc1cccn2cc(COc3ccccc3C(=O)NCCNC(=O)c3ccccc3Cl)nc12. The molecule has 7 nitrogen and oxygen atoms in total. The Bertz CT molecular complexity index is 1300. The van der Waals surface area contributed by atoms with Crippen molar-refractivity contribution in [3.63, 3.8) is 0 Å². The van der Waals surface area contributed by atoms with Gasteiger partial charge >= 0.3 is 0 Å². The first-order chi connectivity index (χ1) is 16.0. The van der Waals surface area contributed by atoms with Gasteiger partial charge in [-0.1, -0.05) is 41.9 Å². The first-order valence-electron chi connectivity index (χ1n) is 10.5. The Morgan fingerprint density at radius 3 is 2.33 bits per heavy atom. The largest absolute Gasteiger partial charge is 0.486 e. The Hall–Kier alpha value is -3.84. The van der Waals surface area contributed by atoms with Crippen LogP contribution in [0.15, 0.2) is 73.1 Å². The number of nitrogens with zero attached hydrogens (tertiary/aromatic N) is 2. The molecular weight excluding hydrogens is 440 g/mol. The number of carbonyl (C=O) groups is 2. The van der Waals surface area contributed by atoms with Crippen molar-refractivity contribution in [2.75, 3.05) is 13.1 Å². The Morgan fingerprint density at radius 1 is 0.939 bits per heavy atom. The minimum Gasteiger partial charge on any atom is -0.486 e. The van der Waals surface area contributed by atoms with Crippen molar-refractivity contribution in [1.82, 2.24) is 20.0 Å². The highest BCUT2D eigenvalue weighted by atomic mass is 35.5. The molecule has 4 rings (SSSR count). The van der Waals surface area contributed by atoms with Crippen LogP contribution in [0.4, 0.5) is 0 Å². The van der Waals surface area contributed by atoms with Crippen LogP contribution in [0.2, 0.25) is 5.02 Å².